The van der Waals surface area contributed by atoms with Crippen molar-refractivity contribution < 1.29 is 9.90 Å². The molecule has 0 bridgehead atoms. The molecule has 0 saturated heterocycles. The summed E-state index contributed by atoms with van der Waals surface area (Å²) in [6, 6.07) is 8.98. The molecule has 0 atom stereocenters. The van der Waals surface area contributed by atoms with Crippen LogP contribution in [0.1, 0.15) is 10.5 Å². The van der Waals surface area contributed by atoms with Gasteiger partial charge >= 0.3 is 5.97 Å². The Morgan fingerprint density at radius 3 is 2.84 bits per heavy atom. The van der Waals surface area contributed by atoms with Crippen LogP contribution in [0.4, 0.5) is 0 Å². The van der Waals surface area contributed by atoms with Crippen molar-refractivity contribution >= 4 is 27.4 Å². The fraction of sp³-hybridized carbons (Fsp3) is 0. The first-order chi connectivity index (χ1) is 9.16. The predicted octanol–water partition coefficient (Wildman–Crippen LogP) is 2.86. The fourth-order valence-electron chi connectivity index (χ4n) is 1.89. The highest BCUT2D eigenvalue weighted by atomic mass is 79.9. The monoisotopic (exact) mass is 317 g/mol. The third-order valence-electron chi connectivity index (χ3n) is 2.70. The summed E-state index contributed by atoms with van der Waals surface area (Å²) in [4.78, 5) is 19.6. The SMILES string of the molecule is O=C(O)c1nc(-c2ccccn2)n2ccc(Br)cc12. The van der Waals surface area contributed by atoms with Crippen molar-refractivity contribution in [3.63, 3.8) is 0 Å². The van der Waals surface area contributed by atoms with Crippen LogP contribution in [0, 0.1) is 0 Å². The number of aromatic carboxylic acids is 1. The maximum Gasteiger partial charge on any atom is 0.356 e. The maximum atomic E-state index is 11.3. The molecule has 6 heteroatoms. The molecule has 94 valence electrons. The van der Waals surface area contributed by atoms with E-state index in [1.807, 2.05) is 12.1 Å². The van der Waals surface area contributed by atoms with E-state index >= 15 is 0 Å². The molecule has 0 aliphatic heterocycles. The van der Waals surface area contributed by atoms with Crippen molar-refractivity contribution in [2.24, 2.45) is 0 Å². The van der Waals surface area contributed by atoms with Crippen LogP contribution < -0.4 is 0 Å². The van der Waals surface area contributed by atoms with Crippen molar-refractivity contribution in [1.82, 2.24) is 14.4 Å². The summed E-state index contributed by atoms with van der Waals surface area (Å²) in [6.07, 6.45) is 3.42. The third kappa shape index (κ3) is 2.00. The molecule has 19 heavy (non-hydrogen) atoms. The van der Waals surface area contributed by atoms with Crippen LogP contribution in [0.15, 0.2) is 47.2 Å². The number of pyridine rings is 2. The smallest absolute Gasteiger partial charge is 0.356 e. The molecule has 3 aromatic heterocycles. The zero-order valence-electron chi connectivity index (χ0n) is 9.62. The second-order valence-corrected chi connectivity index (χ2v) is 4.82. The first kappa shape index (κ1) is 11.9. The summed E-state index contributed by atoms with van der Waals surface area (Å²) < 4.78 is 2.52. The lowest BCUT2D eigenvalue weighted by Gasteiger charge is -2.00. The molecule has 3 aromatic rings. The number of fused-ring (bicyclic) bond motifs is 1. The van der Waals surface area contributed by atoms with E-state index in [4.69, 9.17) is 0 Å². The van der Waals surface area contributed by atoms with E-state index in [1.54, 1.807) is 35.0 Å². The van der Waals surface area contributed by atoms with Gasteiger partial charge in [-0.2, -0.15) is 0 Å². The molecule has 0 unspecified atom stereocenters. The van der Waals surface area contributed by atoms with E-state index in [1.165, 1.54) is 0 Å². The Kier molecular flexibility index (Phi) is 2.79. The van der Waals surface area contributed by atoms with E-state index in [2.05, 4.69) is 25.9 Å². The minimum atomic E-state index is -1.06. The van der Waals surface area contributed by atoms with Gasteiger partial charge in [0.05, 0.1) is 5.52 Å². The van der Waals surface area contributed by atoms with Gasteiger partial charge in [-0.15, -0.1) is 0 Å². The molecule has 0 spiro atoms. The lowest BCUT2D eigenvalue weighted by Crippen LogP contribution is -1.97. The molecule has 0 radical (unpaired) electrons. The van der Waals surface area contributed by atoms with Gasteiger partial charge < -0.3 is 5.11 Å². The summed E-state index contributed by atoms with van der Waals surface area (Å²) in [7, 11) is 0. The number of carboxylic acid groups (broad SMARTS) is 1. The van der Waals surface area contributed by atoms with Gasteiger partial charge in [-0.3, -0.25) is 9.38 Å². The average Bonchev–Trinajstić information content (AvgIpc) is 2.78. The number of hydrogen-bond donors (Lipinski definition) is 1. The van der Waals surface area contributed by atoms with Crippen LogP contribution in [0.25, 0.3) is 17.0 Å². The Morgan fingerprint density at radius 2 is 2.16 bits per heavy atom. The van der Waals surface area contributed by atoms with Crippen molar-refractivity contribution in [2.45, 2.75) is 0 Å². The molecule has 0 fully saturated rings. The van der Waals surface area contributed by atoms with Gasteiger partial charge in [0.2, 0.25) is 0 Å². The average molecular weight is 318 g/mol. The summed E-state index contributed by atoms with van der Waals surface area (Å²) in [5.41, 5.74) is 1.18. The number of halogens is 1. The van der Waals surface area contributed by atoms with E-state index in [9.17, 15) is 9.90 Å². The van der Waals surface area contributed by atoms with Crippen molar-refractivity contribution in [3.8, 4) is 11.5 Å². The highest BCUT2D eigenvalue weighted by Gasteiger charge is 2.18. The Morgan fingerprint density at radius 1 is 1.32 bits per heavy atom. The topological polar surface area (TPSA) is 67.5 Å². The van der Waals surface area contributed by atoms with Gasteiger partial charge in [-0.25, -0.2) is 9.78 Å². The Hall–Kier alpha value is -2.21. The Balaban J connectivity index is 2.35. The van der Waals surface area contributed by atoms with E-state index < -0.39 is 5.97 Å². The van der Waals surface area contributed by atoms with Crippen molar-refractivity contribution in [1.29, 1.82) is 0 Å². The number of carbonyl (C=O) groups is 1. The first-order valence-corrected chi connectivity index (χ1v) is 6.28. The van der Waals surface area contributed by atoms with Crippen LogP contribution in [0.5, 0.6) is 0 Å². The molecule has 0 saturated carbocycles. The molecular formula is C13H8BrN3O2. The molecule has 5 nitrogen and oxygen atoms in total. The fourth-order valence-corrected chi connectivity index (χ4v) is 2.23. The normalized spacial score (nSPS) is 10.8. The summed E-state index contributed by atoms with van der Waals surface area (Å²) in [5.74, 6) is -0.543. The second kappa shape index (κ2) is 4.47. The van der Waals surface area contributed by atoms with E-state index in [-0.39, 0.29) is 5.69 Å². The van der Waals surface area contributed by atoms with Gasteiger partial charge in [0.1, 0.15) is 5.69 Å². The number of imidazole rings is 1. The third-order valence-corrected chi connectivity index (χ3v) is 3.20. The van der Waals surface area contributed by atoms with Crippen LogP contribution >= 0.6 is 15.9 Å². The maximum absolute atomic E-state index is 11.3. The number of aromatic nitrogens is 3. The summed E-state index contributed by atoms with van der Waals surface area (Å²) >= 11 is 3.33. The minimum Gasteiger partial charge on any atom is -0.476 e. The zero-order chi connectivity index (χ0) is 13.4. The standard InChI is InChI=1S/C13H8BrN3O2/c14-8-4-6-17-10(7-8)11(13(18)19)16-12(17)9-3-1-2-5-15-9/h1-7H,(H,18,19). The zero-order valence-corrected chi connectivity index (χ0v) is 11.2. The molecule has 3 rings (SSSR count). The van der Waals surface area contributed by atoms with Crippen molar-refractivity contribution in [2.75, 3.05) is 0 Å². The number of hydrogen-bond acceptors (Lipinski definition) is 3. The molecule has 0 aliphatic rings. The van der Waals surface area contributed by atoms with Crippen molar-refractivity contribution in [3.05, 3.63) is 52.9 Å². The Bertz CT molecular complexity index is 768. The van der Waals surface area contributed by atoms with Crippen LogP contribution in [0.2, 0.25) is 0 Å². The summed E-state index contributed by atoms with van der Waals surface area (Å²) in [6.45, 7) is 0. The molecular weight excluding hydrogens is 310 g/mol. The van der Waals surface area contributed by atoms with Gasteiger partial charge in [0, 0.05) is 16.9 Å². The molecule has 0 aromatic carbocycles. The lowest BCUT2D eigenvalue weighted by atomic mass is 10.3. The molecule has 0 aliphatic carbocycles. The highest BCUT2D eigenvalue weighted by molar-refractivity contribution is 9.10. The van der Waals surface area contributed by atoms with Gasteiger partial charge in [0.25, 0.3) is 0 Å². The quantitative estimate of drug-likeness (QED) is 0.789. The summed E-state index contributed by atoms with van der Waals surface area (Å²) in [5, 5.41) is 9.22. The molecule has 3 heterocycles. The van der Waals surface area contributed by atoms with Gasteiger partial charge in [0.15, 0.2) is 11.5 Å². The molecule has 1 N–H and O–H groups in total. The first-order valence-electron chi connectivity index (χ1n) is 5.49. The van der Waals surface area contributed by atoms with Gasteiger partial charge in [-0.1, -0.05) is 22.0 Å². The largest absolute Gasteiger partial charge is 0.476 e. The predicted molar refractivity (Wildman–Crippen MR) is 73.1 cm³/mol. The van der Waals surface area contributed by atoms with E-state index in [0.717, 1.165) is 4.47 Å². The minimum absolute atomic E-state index is 0.0157. The number of nitrogens with zero attached hydrogens (tertiary/aromatic N) is 3. The Labute approximate surface area is 116 Å². The van der Waals surface area contributed by atoms with Crippen LogP contribution in [-0.2, 0) is 0 Å². The van der Waals surface area contributed by atoms with E-state index in [0.29, 0.717) is 17.0 Å². The lowest BCUT2D eigenvalue weighted by molar-refractivity contribution is 0.0693. The highest BCUT2D eigenvalue weighted by Crippen LogP contribution is 2.23. The van der Waals surface area contributed by atoms with Crippen LogP contribution in [0.3, 0.4) is 0 Å². The molecule has 0 amide bonds. The second-order valence-electron chi connectivity index (χ2n) is 3.90. The number of rotatable bonds is 2. The number of carboxylic acids is 1. The van der Waals surface area contributed by atoms with Gasteiger partial charge in [-0.05, 0) is 24.3 Å². The van der Waals surface area contributed by atoms with Crippen LogP contribution in [-0.4, -0.2) is 25.4 Å².